The van der Waals surface area contributed by atoms with Gasteiger partial charge in [-0.15, -0.1) is 0 Å². The first-order valence-electron chi connectivity index (χ1n) is 8.05. The Morgan fingerprint density at radius 1 is 1.21 bits per heavy atom. The van der Waals surface area contributed by atoms with E-state index in [4.69, 9.17) is 10.8 Å². The highest BCUT2D eigenvalue weighted by atomic mass is 16.1. The van der Waals surface area contributed by atoms with E-state index in [1.165, 1.54) is 16.7 Å². The lowest BCUT2D eigenvalue weighted by molar-refractivity contribution is 0.1000. The van der Waals surface area contributed by atoms with Crippen LogP contribution in [0.15, 0.2) is 55.0 Å². The van der Waals surface area contributed by atoms with Crippen molar-refractivity contribution in [1.29, 1.82) is 0 Å². The quantitative estimate of drug-likeness (QED) is 0.803. The van der Waals surface area contributed by atoms with Crippen molar-refractivity contribution in [3.63, 3.8) is 0 Å². The van der Waals surface area contributed by atoms with E-state index < -0.39 is 0 Å². The van der Waals surface area contributed by atoms with Gasteiger partial charge in [0.25, 0.3) is 0 Å². The molecule has 0 fully saturated rings. The minimum atomic E-state index is -0.372. The van der Waals surface area contributed by atoms with E-state index in [2.05, 4.69) is 11.1 Å². The maximum atomic E-state index is 11.3. The molecule has 0 saturated carbocycles. The maximum absolute atomic E-state index is 11.3. The Bertz CT molecular complexity index is 885. The van der Waals surface area contributed by atoms with Crippen molar-refractivity contribution < 1.29 is 4.79 Å². The molecule has 3 aromatic rings. The Morgan fingerprint density at radius 2 is 2.04 bits per heavy atom. The minimum absolute atomic E-state index is 0.292. The predicted octanol–water partition coefficient (Wildman–Crippen LogP) is 2.50. The van der Waals surface area contributed by atoms with Crippen LogP contribution >= 0.6 is 0 Å². The third-order valence-electron chi connectivity index (χ3n) is 4.62. The largest absolute Gasteiger partial charge is 0.366 e. The molecule has 120 valence electrons. The number of hydrogen-bond donors (Lipinski definition) is 1. The zero-order valence-corrected chi connectivity index (χ0v) is 13.2. The highest BCUT2D eigenvalue weighted by Crippen LogP contribution is 2.37. The lowest BCUT2D eigenvalue weighted by atomic mass is 9.97. The number of primary amides is 1. The molecule has 2 N–H and O–H groups in total. The lowest BCUT2D eigenvalue weighted by Crippen LogP contribution is -2.11. The second-order valence-electron chi connectivity index (χ2n) is 6.16. The molecular weight excluding hydrogens is 300 g/mol. The van der Waals surface area contributed by atoms with Gasteiger partial charge in [-0.05, 0) is 59.9 Å². The molecule has 5 heteroatoms. The Balaban J connectivity index is 1.57. The average molecular weight is 318 g/mol. The summed E-state index contributed by atoms with van der Waals surface area (Å²) in [6.07, 6.45) is 7.58. The fourth-order valence-electron chi connectivity index (χ4n) is 3.40. The first kappa shape index (κ1) is 14.6. The van der Waals surface area contributed by atoms with Gasteiger partial charge in [-0.3, -0.25) is 14.5 Å². The smallest absolute Gasteiger partial charge is 0.248 e. The average Bonchev–Trinajstić information content (AvgIpc) is 3.21. The van der Waals surface area contributed by atoms with E-state index in [1.54, 1.807) is 12.4 Å². The summed E-state index contributed by atoms with van der Waals surface area (Å²) in [4.78, 5) is 15.4. The van der Waals surface area contributed by atoms with Crippen molar-refractivity contribution in [1.82, 2.24) is 14.8 Å². The number of benzene rings is 1. The van der Waals surface area contributed by atoms with Crippen molar-refractivity contribution in [2.45, 2.75) is 25.3 Å². The number of rotatable bonds is 4. The van der Waals surface area contributed by atoms with E-state index in [9.17, 15) is 4.79 Å². The van der Waals surface area contributed by atoms with Crippen molar-refractivity contribution >= 4 is 5.91 Å². The van der Waals surface area contributed by atoms with Crippen LogP contribution in [0.25, 0.3) is 0 Å². The van der Waals surface area contributed by atoms with Gasteiger partial charge in [0.2, 0.25) is 5.91 Å². The van der Waals surface area contributed by atoms with Crippen LogP contribution in [0.1, 0.15) is 45.1 Å². The number of carbonyl (C=O) groups is 1. The minimum Gasteiger partial charge on any atom is -0.366 e. The molecule has 1 aromatic carbocycles. The molecular formula is C19H18N4O. The summed E-state index contributed by atoms with van der Waals surface area (Å²) in [6.45, 7) is 0.739. The molecule has 1 aliphatic carbocycles. The maximum Gasteiger partial charge on any atom is 0.248 e. The van der Waals surface area contributed by atoms with E-state index in [0.717, 1.165) is 25.1 Å². The van der Waals surface area contributed by atoms with Gasteiger partial charge < -0.3 is 5.73 Å². The van der Waals surface area contributed by atoms with E-state index in [0.29, 0.717) is 11.5 Å². The Labute approximate surface area is 140 Å². The van der Waals surface area contributed by atoms with Gasteiger partial charge in [-0.25, -0.2) is 0 Å². The van der Waals surface area contributed by atoms with Gasteiger partial charge in [0.1, 0.15) is 0 Å². The number of amides is 1. The molecule has 4 rings (SSSR count). The molecule has 1 amide bonds. The van der Waals surface area contributed by atoms with Crippen molar-refractivity contribution in [2.75, 3.05) is 0 Å². The molecule has 5 nitrogen and oxygen atoms in total. The number of hydrogen-bond acceptors (Lipinski definition) is 3. The van der Waals surface area contributed by atoms with Crippen LogP contribution in [0.5, 0.6) is 0 Å². The van der Waals surface area contributed by atoms with Gasteiger partial charge in [0.05, 0.1) is 12.2 Å². The molecule has 0 aliphatic heterocycles. The standard InChI is InChI=1S/C19H18N4O/c20-19(24)15-2-3-16-14(11-15)1-4-17(16)18-7-10-23(22-18)12-13-5-8-21-9-6-13/h2-3,5-11,17H,1,4,12H2,(H2,20,24). The fourth-order valence-corrected chi connectivity index (χ4v) is 3.40. The Kier molecular flexibility index (Phi) is 3.61. The van der Waals surface area contributed by atoms with Crippen LogP contribution in [0.4, 0.5) is 0 Å². The summed E-state index contributed by atoms with van der Waals surface area (Å²) < 4.78 is 1.96. The van der Waals surface area contributed by atoms with Crippen LogP contribution in [-0.2, 0) is 13.0 Å². The summed E-state index contributed by atoms with van der Waals surface area (Å²) in [6, 6.07) is 11.8. The molecule has 2 aromatic heterocycles. The highest BCUT2D eigenvalue weighted by molar-refractivity contribution is 5.93. The Hall–Kier alpha value is -2.95. The molecule has 1 atom stereocenters. The summed E-state index contributed by atoms with van der Waals surface area (Å²) in [5.74, 6) is -0.0801. The topological polar surface area (TPSA) is 73.8 Å². The van der Waals surface area contributed by atoms with E-state index in [1.807, 2.05) is 41.2 Å². The van der Waals surface area contributed by atoms with Crippen LogP contribution < -0.4 is 5.73 Å². The van der Waals surface area contributed by atoms with Crippen LogP contribution in [0, 0.1) is 0 Å². The van der Waals surface area contributed by atoms with Crippen LogP contribution in [-0.4, -0.2) is 20.7 Å². The zero-order valence-electron chi connectivity index (χ0n) is 13.2. The van der Waals surface area contributed by atoms with Gasteiger partial charge in [0.15, 0.2) is 0 Å². The normalized spacial score (nSPS) is 16.1. The third-order valence-corrected chi connectivity index (χ3v) is 4.62. The molecule has 2 heterocycles. The van der Waals surface area contributed by atoms with Gasteiger partial charge >= 0.3 is 0 Å². The fraction of sp³-hybridized carbons (Fsp3) is 0.211. The van der Waals surface area contributed by atoms with Crippen molar-refractivity contribution in [2.24, 2.45) is 5.73 Å². The molecule has 0 saturated heterocycles. The second kappa shape index (κ2) is 5.92. The molecule has 1 unspecified atom stereocenters. The first-order chi connectivity index (χ1) is 11.7. The number of aryl methyl sites for hydroxylation is 1. The summed E-state index contributed by atoms with van der Waals surface area (Å²) >= 11 is 0. The molecule has 0 bridgehead atoms. The second-order valence-corrected chi connectivity index (χ2v) is 6.16. The Morgan fingerprint density at radius 3 is 2.83 bits per heavy atom. The summed E-state index contributed by atoms with van der Waals surface area (Å²) in [5.41, 5.74) is 10.7. The predicted molar refractivity (Wildman–Crippen MR) is 90.7 cm³/mol. The molecule has 1 aliphatic rings. The number of pyridine rings is 1. The number of carbonyl (C=O) groups excluding carboxylic acids is 1. The molecule has 24 heavy (non-hydrogen) atoms. The zero-order chi connectivity index (χ0) is 16.5. The van der Waals surface area contributed by atoms with Gasteiger partial charge in [-0.1, -0.05) is 6.07 Å². The van der Waals surface area contributed by atoms with Crippen LogP contribution in [0.3, 0.4) is 0 Å². The summed E-state index contributed by atoms with van der Waals surface area (Å²) in [7, 11) is 0. The molecule has 0 spiro atoms. The number of fused-ring (bicyclic) bond motifs is 1. The monoisotopic (exact) mass is 318 g/mol. The van der Waals surface area contributed by atoms with E-state index >= 15 is 0 Å². The third kappa shape index (κ3) is 2.69. The molecule has 0 radical (unpaired) electrons. The van der Waals surface area contributed by atoms with E-state index in [-0.39, 0.29) is 5.91 Å². The van der Waals surface area contributed by atoms with Gasteiger partial charge in [0, 0.05) is 30.1 Å². The summed E-state index contributed by atoms with van der Waals surface area (Å²) in [5, 5.41) is 4.75. The SMILES string of the molecule is NC(=O)c1ccc2c(c1)CCC2c1ccn(Cc2ccncc2)n1. The first-order valence-corrected chi connectivity index (χ1v) is 8.05. The van der Waals surface area contributed by atoms with Crippen LogP contribution in [0.2, 0.25) is 0 Å². The van der Waals surface area contributed by atoms with Crippen molar-refractivity contribution in [3.8, 4) is 0 Å². The number of nitrogens with two attached hydrogens (primary N) is 1. The number of nitrogens with zero attached hydrogens (tertiary/aromatic N) is 3. The van der Waals surface area contributed by atoms with Crippen molar-refractivity contribution in [3.05, 3.63) is 82.9 Å². The van der Waals surface area contributed by atoms with Gasteiger partial charge in [-0.2, -0.15) is 5.10 Å². The highest BCUT2D eigenvalue weighted by Gasteiger charge is 2.26. The lowest BCUT2D eigenvalue weighted by Gasteiger charge is -2.09. The number of aromatic nitrogens is 3.